The van der Waals surface area contributed by atoms with Gasteiger partial charge in [0.05, 0.1) is 21.3 Å². The van der Waals surface area contributed by atoms with E-state index < -0.39 is 5.97 Å². The number of carboxylic acid groups (broad SMARTS) is 1. The monoisotopic (exact) mass is 339 g/mol. The molecule has 134 valence electrons. The zero-order valence-corrected chi connectivity index (χ0v) is 14.6. The first kappa shape index (κ1) is 19.6. The molecule has 1 aromatic rings. The first-order chi connectivity index (χ1) is 11.5. The largest absolute Gasteiger partial charge is 0.493 e. The number of carbonyl (C=O) groups excluding carboxylic acids is 1. The molecule has 7 heteroatoms. The number of methoxy groups -OCH3 is 3. The van der Waals surface area contributed by atoms with Gasteiger partial charge in [-0.2, -0.15) is 0 Å². The van der Waals surface area contributed by atoms with Crippen LogP contribution in [0, 0.1) is 0 Å². The van der Waals surface area contributed by atoms with E-state index in [-0.39, 0.29) is 18.9 Å². The number of carboxylic acids is 1. The Morgan fingerprint density at radius 3 is 2.08 bits per heavy atom. The van der Waals surface area contributed by atoms with Crippen molar-refractivity contribution in [2.45, 2.75) is 26.2 Å². The molecular weight excluding hydrogens is 314 g/mol. The highest BCUT2D eigenvalue weighted by Gasteiger charge is 2.17. The molecule has 0 saturated heterocycles. The van der Waals surface area contributed by atoms with Gasteiger partial charge in [0, 0.05) is 13.0 Å². The van der Waals surface area contributed by atoms with Gasteiger partial charge in [0.15, 0.2) is 11.5 Å². The predicted molar refractivity (Wildman–Crippen MR) is 88.9 cm³/mol. The van der Waals surface area contributed by atoms with Crippen molar-refractivity contribution in [3.8, 4) is 17.2 Å². The fourth-order valence-electron chi connectivity index (χ4n) is 2.41. The Labute approximate surface area is 142 Å². The molecular formula is C17H25NO6. The van der Waals surface area contributed by atoms with E-state index in [0.717, 1.165) is 5.56 Å². The van der Waals surface area contributed by atoms with Crippen LogP contribution in [0.25, 0.3) is 0 Å². The smallest absolute Gasteiger partial charge is 0.323 e. The molecule has 1 aromatic carbocycles. The van der Waals surface area contributed by atoms with Crippen LogP contribution in [0.3, 0.4) is 0 Å². The van der Waals surface area contributed by atoms with Crippen LogP contribution in [0.1, 0.15) is 25.3 Å². The van der Waals surface area contributed by atoms with Crippen LogP contribution in [0.5, 0.6) is 17.2 Å². The lowest BCUT2D eigenvalue weighted by Gasteiger charge is -2.20. The summed E-state index contributed by atoms with van der Waals surface area (Å²) < 4.78 is 15.8. The van der Waals surface area contributed by atoms with Gasteiger partial charge in [-0.1, -0.05) is 6.92 Å². The normalized spacial score (nSPS) is 10.2. The minimum atomic E-state index is -1.01. The minimum Gasteiger partial charge on any atom is -0.493 e. The number of rotatable bonds is 10. The van der Waals surface area contributed by atoms with Crippen LogP contribution < -0.4 is 14.2 Å². The topological polar surface area (TPSA) is 85.3 Å². The summed E-state index contributed by atoms with van der Waals surface area (Å²) in [7, 11) is 4.59. The van der Waals surface area contributed by atoms with Crippen molar-refractivity contribution in [3.63, 3.8) is 0 Å². The number of hydrogen-bond donors (Lipinski definition) is 1. The van der Waals surface area contributed by atoms with Crippen LogP contribution in [-0.2, 0) is 16.0 Å². The first-order valence-electron chi connectivity index (χ1n) is 7.75. The van der Waals surface area contributed by atoms with Gasteiger partial charge in [-0.25, -0.2) is 0 Å². The van der Waals surface area contributed by atoms with Crippen molar-refractivity contribution in [3.05, 3.63) is 17.7 Å². The summed E-state index contributed by atoms with van der Waals surface area (Å²) in [5.74, 6) is 0.344. The molecule has 1 rings (SSSR count). The Morgan fingerprint density at radius 2 is 1.67 bits per heavy atom. The van der Waals surface area contributed by atoms with E-state index in [4.69, 9.17) is 19.3 Å². The van der Waals surface area contributed by atoms with Crippen LogP contribution in [0.15, 0.2) is 12.1 Å². The Balaban J connectivity index is 2.85. The average Bonchev–Trinajstić information content (AvgIpc) is 2.57. The minimum absolute atomic E-state index is 0.187. The number of benzene rings is 1. The molecule has 0 atom stereocenters. The standard InChI is InChI=1S/C17H25NO6/c1-5-8-18(11-16(20)21)15(19)7-6-12-9-13(22-2)17(24-4)14(10-12)23-3/h9-10H,5-8,11H2,1-4H3,(H,20,21). The second kappa shape index (κ2) is 9.64. The first-order valence-corrected chi connectivity index (χ1v) is 7.75. The van der Waals surface area contributed by atoms with Crippen molar-refractivity contribution in [1.82, 2.24) is 4.90 Å². The Hall–Kier alpha value is -2.44. The lowest BCUT2D eigenvalue weighted by atomic mass is 10.1. The molecule has 24 heavy (non-hydrogen) atoms. The molecule has 0 fully saturated rings. The maximum absolute atomic E-state index is 12.2. The van der Waals surface area contributed by atoms with Gasteiger partial charge in [0.25, 0.3) is 0 Å². The molecule has 0 unspecified atom stereocenters. The van der Waals surface area contributed by atoms with Crippen LogP contribution in [0.2, 0.25) is 0 Å². The Kier molecular flexibility index (Phi) is 7.88. The molecule has 7 nitrogen and oxygen atoms in total. The number of amides is 1. The molecule has 0 aliphatic rings. The zero-order chi connectivity index (χ0) is 18.1. The molecule has 0 heterocycles. The molecule has 1 amide bonds. The summed E-state index contributed by atoms with van der Waals surface area (Å²) in [4.78, 5) is 24.5. The second-order valence-corrected chi connectivity index (χ2v) is 5.24. The summed E-state index contributed by atoms with van der Waals surface area (Å²) in [6.45, 7) is 2.06. The van der Waals surface area contributed by atoms with Crippen molar-refractivity contribution >= 4 is 11.9 Å². The summed E-state index contributed by atoms with van der Waals surface area (Å²) in [5.41, 5.74) is 0.852. The predicted octanol–water partition coefficient (Wildman–Crippen LogP) is 1.97. The van der Waals surface area contributed by atoms with Crippen molar-refractivity contribution in [1.29, 1.82) is 0 Å². The maximum Gasteiger partial charge on any atom is 0.323 e. The fourth-order valence-corrected chi connectivity index (χ4v) is 2.41. The summed E-state index contributed by atoms with van der Waals surface area (Å²) >= 11 is 0. The van der Waals surface area contributed by atoms with Gasteiger partial charge in [-0.15, -0.1) is 0 Å². The van der Waals surface area contributed by atoms with Crippen LogP contribution in [0.4, 0.5) is 0 Å². The second-order valence-electron chi connectivity index (χ2n) is 5.24. The van der Waals surface area contributed by atoms with Gasteiger partial charge in [-0.3, -0.25) is 9.59 Å². The number of carbonyl (C=O) groups is 2. The molecule has 0 radical (unpaired) electrons. The fraction of sp³-hybridized carbons (Fsp3) is 0.529. The summed E-state index contributed by atoms with van der Waals surface area (Å²) in [6, 6.07) is 3.58. The molecule has 0 bridgehead atoms. The van der Waals surface area contributed by atoms with Crippen molar-refractivity contribution < 1.29 is 28.9 Å². The number of ether oxygens (including phenoxy) is 3. The third kappa shape index (κ3) is 5.33. The third-order valence-electron chi connectivity index (χ3n) is 3.52. The highest BCUT2D eigenvalue weighted by atomic mass is 16.5. The Bertz CT molecular complexity index is 547. The van der Waals surface area contributed by atoms with E-state index in [9.17, 15) is 9.59 Å². The quantitative estimate of drug-likeness (QED) is 0.701. The van der Waals surface area contributed by atoms with Crippen LogP contribution >= 0.6 is 0 Å². The van der Waals surface area contributed by atoms with Gasteiger partial charge < -0.3 is 24.2 Å². The van der Waals surface area contributed by atoms with E-state index in [2.05, 4.69) is 0 Å². The van der Waals surface area contributed by atoms with E-state index >= 15 is 0 Å². The summed E-state index contributed by atoms with van der Waals surface area (Å²) in [6.07, 6.45) is 1.38. The molecule has 1 N–H and O–H groups in total. The van der Waals surface area contributed by atoms with Gasteiger partial charge in [0.1, 0.15) is 6.54 Å². The van der Waals surface area contributed by atoms with Gasteiger partial charge >= 0.3 is 5.97 Å². The average molecular weight is 339 g/mol. The molecule has 0 saturated carbocycles. The summed E-state index contributed by atoms with van der Waals surface area (Å²) in [5, 5.41) is 8.90. The van der Waals surface area contributed by atoms with E-state index in [1.807, 2.05) is 6.92 Å². The van der Waals surface area contributed by atoms with Crippen LogP contribution in [-0.4, -0.2) is 56.3 Å². The van der Waals surface area contributed by atoms with E-state index in [1.165, 1.54) is 26.2 Å². The lowest BCUT2D eigenvalue weighted by molar-refractivity contribution is -0.144. The molecule has 0 aliphatic carbocycles. The van der Waals surface area contributed by atoms with E-state index in [1.54, 1.807) is 12.1 Å². The number of aryl methyl sites for hydroxylation is 1. The number of aliphatic carboxylic acids is 1. The zero-order valence-electron chi connectivity index (χ0n) is 14.6. The maximum atomic E-state index is 12.2. The highest BCUT2D eigenvalue weighted by Crippen LogP contribution is 2.38. The van der Waals surface area contributed by atoms with Gasteiger partial charge in [0.2, 0.25) is 11.7 Å². The number of nitrogens with zero attached hydrogens (tertiary/aromatic N) is 1. The third-order valence-corrected chi connectivity index (χ3v) is 3.52. The van der Waals surface area contributed by atoms with E-state index in [0.29, 0.717) is 36.6 Å². The van der Waals surface area contributed by atoms with Crippen molar-refractivity contribution in [2.24, 2.45) is 0 Å². The number of hydrogen-bond acceptors (Lipinski definition) is 5. The lowest BCUT2D eigenvalue weighted by Crippen LogP contribution is -2.36. The van der Waals surface area contributed by atoms with Crippen molar-refractivity contribution in [2.75, 3.05) is 34.4 Å². The highest BCUT2D eigenvalue weighted by molar-refractivity contribution is 5.81. The molecule has 0 aliphatic heterocycles. The van der Waals surface area contributed by atoms with Gasteiger partial charge in [-0.05, 0) is 30.5 Å². The SMILES string of the molecule is CCCN(CC(=O)O)C(=O)CCc1cc(OC)c(OC)c(OC)c1. The molecule has 0 spiro atoms. The Morgan fingerprint density at radius 1 is 1.08 bits per heavy atom. The molecule has 0 aromatic heterocycles.